The number of carboxylic acids is 1. The van der Waals surface area contributed by atoms with E-state index in [0.717, 1.165) is 32.5 Å². The van der Waals surface area contributed by atoms with Crippen LogP contribution in [0.25, 0.3) is 20.5 Å². The highest BCUT2D eigenvalue weighted by Crippen LogP contribution is 2.39. The van der Waals surface area contributed by atoms with Gasteiger partial charge in [0.05, 0.1) is 6.42 Å². The highest BCUT2D eigenvalue weighted by molar-refractivity contribution is 7.22. The predicted octanol–water partition coefficient (Wildman–Crippen LogP) is 4.19. The summed E-state index contributed by atoms with van der Waals surface area (Å²) in [6.07, 6.45) is 1.52. The Hall–Kier alpha value is -2.66. The molecule has 0 unspecified atom stereocenters. The van der Waals surface area contributed by atoms with Crippen molar-refractivity contribution in [3.8, 4) is 10.4 Å². The maximum atomic E-state index is 12.9. The first-order valence-electron chi connectivity index (χ1n) is 8.73. The summed E-state index contributed by atoms with van der Waals surface area (Å²) in [7, 11) is 0. The standard InChI is InChI=1S/C21H19NO3S/c23-19(22-12-6-10-17(22)21(24)25)13-16-15-9-4-5-11-18(15)26-20(16)14-7-2-1-3-8-14/h1-5,7-9,11,17H,6,10,12-13H2,(H,24,25)/t17-/m1/s1. The van der Waals surface area contributed by atoms with Gasteiger partial charge in [0.2, 0.25) is 5.91 Å². The predicted molar refractivity (Wildman–Crippen MR) is 103 cm³/mol. The Balaban J connectivity index is 1.74. The molecule has 2 aromatic carbocycles. The molecule has 1 amide bonds. The van der Waals surface area contributed by atoms with E-state index in [1.54, 1.807) is 11.3 Å². The highest BCUT2D eigenvalue weighted by atomic mass is 32.1. The van der Waals surface area contributed by atoms with E-state index in [-0.39, 0.29) is 12.3 Å². The van der Waals surface area contributed by atoms with E-state index in [1.807, 2.05) is 36.4 Å². The van der Waals surface area contributed by atoms with Crippen molar-refractivity contribution in [3.05, 3.63) is 60.2 Å². The van der Waals surface area contributed by atoms with Crippen LogP contribution in [-0.4, -0.2) is 34.5 Å². The number of hydrogen-bond acceptors (Lipinski definition) is 3. The molecule has 0 radical (unpaired) electrons. The summed E-state index contributed by atoms with van der Waals surface area (Å²) in [5.74, 6) is -1.01. The SMILES string of the molecule is O=C(O)[C@H]1CCCN1C(=O)Cc1c(-c2ccccc2)sc2ccccc12. The maximum absolute atomic E-state index is 12.9. The number of aliphatic carboxylic acids is 1. The third-order valence-corrected chi connectivity index (χ3v) is 6.18. The number of nitrogens with zero attached hydrogens (tertiary/aromatic N) is 1. The zero-order valence-corrected chi connectivity index (χ0v) is 15.0. The van der Waals surface area contributed by atoms with Gasteiger partial charge in [-0.3, -0.25) is 4.79 Å². The van der Waals surface area contributed by atoms with Gasteiger partial charge in [0.15, 0.2) is 0 Å². The van der Waals surface area contributed by atoms with Crippen LogP contribution in [0.15, 0.2) is 54.6 Å². The summed E-state index contributed by atoms with van der Waals surface area (Å²) in [5.41, 5.74) is 2.09. The number of fused-ring (bicyclic) bond motifs is 1. The minimum atomic E-state index is -0.908. The lowest BCUT2D eigenvalue weighted by Crippen LogP contribution is -2.41. The normalized spacial score (nSPS) is 16.9. The van der Waals surface area contributed by atoms with Crippen LogP contribution in [0.4, 0.5) is 0 Å². The largest absolute Gasteiger partial charge is 0.480 e. The van der Waals surface area contributed by atoms with E-state index in [4.69, 9.17) is 0 Å². The highest BCUT2D eigenvalue weighted by Gasteiger charge is 2.34. The Kier molecular flexibility index (Phi) is 4.47. The summed E-state index contributed by atoms with van der Waals surface area (Å²) >= 11 is 1.68. The van der Waals surface area contributed by atoms with Gasteiger partial charge in [-0.05, 0) is 35.4 Å². The lowest BCUT2D eigenvalue weighted by Gasteiger charge is -2.21. The lowest BCUT2D eigenvalue weighted by atomic mass is 10.0. The number of carboxylic acid groups (broad SMARTS) is 1. The zero-order valence-electron chi connectivity index (χ0n) is 14.2. The van der Waals surface area contributed by atoms with Gasteiger partial charge in [-0.1, -0.05) is 48.5 Å². The molecule has 0 saturated carbocycles. The second kappa shape index (κ2) is 6.92. The van der Waals surface area contributed by atoms with Gasteiger partial charge in [-0.25, -0.2) is 4.79 Å². The molecular formula is C21H19NO3S. The van der Waals surface area contributed by atoms with Gasteiger partial charge in [-0.15, -0.1) is 11.3 Å². The summed E-state index contributed by atoms with van der Waals surface area (Å²) in [6, 6.07) is 17.5. The monoisotopic (exact) mass is 365 g/mol. The number of hydrogen-bond donors (Lipinski definition) is 1. The number of carbonyl (C=O) groups excluding carboxylic acids is 1. The van der Waals surface area contributed by atoms with Gasteiger partial charge < -0.3 is 10.0 Å². The molecule has 3 aromatic rings. The Labute approximate surface area is 155 Å². The molecular weight excluding hydrogens is 346 g/mol. The van der Waals surface area contributed by atoms with E-state index in [1.165, 1.54) is 4.90 Å². The fourth-order valence-corrected chi connectivity index (χ4v) is 4.90. The first-order valence-corrected chi connectivity index (χ1v) is 9.55. The first kappa shape index (κ1) is 16.8. The topological polar surface area (TPSA) is 57.6 Å². The molecule has 2 heterocycles. The molecule has 4 rings (SSSR count). The van der Waals surface area contributed by atoms with E-state index < -0.39 is 12.0 Å². The van der Waals surface area contributed by atoms with Crippen molar-refractivity contribution in [2.45, 2.75) is 25.3 Å². The van der Waals surface area contributed by atoms with Gasteiger partial charge in [0.1, 0.15) is 6.04 Å². The molecule has 132 valence electrons. The van der Waals surface area contributed by atoms with Crippen molar-refractivity contribution in [2.75, 3.05) is 6.54 Å². The van der Waals surface area contributed by atoms with Crippen LogP contribution in [-0.2, 0) is 16.0 Å². The number of amides is 1. The van der Waals surface area contributed by atoms with Gasteiger partial charge in [0.25, 0.3) is 0 Å². The maximum Gasteiger partial charge on any atom is 0.326 e. The lowest BCUT2D eigenvalue weighted by molar-refractivity contribution is -0.147. The van der Waals surface area contributed by atoms with Crippen LogP contribution in [0.5, 0.6) is 0 Å². The number of carbonyl (C=O) groups is 2. The van der Waals surface area contributed by atoms with Crippen LogP contribution in [0.3, 0.4) is 0 Å². The average Bonchev–Trinajstić information content (AvgIpc) is 3.28. The second-order valence-corrected chi connectivity index (χ2v) is 7.58. The van der Waals surface area contributed by atoms with Crippen molar-refractivity contribution < 1.29 is 14.7 Å². The minimum absolute atomic E-state index is 0.101. The van der Waals surface area contributed by atoms with Crippen molar-refractivity contribution in [1.29, 1.82) is 0 Å². The van der Waals surface area contributed by atoms with Crippen molar-refractivity contribution in [2.24, 2.45) is 0 Å². The molecule has 0 spiro atoms. The molecule has 0 bridgehead atoms. The molecule has 26 heavy (non-hydrogen) atoms. The molecule has 1 atom stereocenters. The molecule has 1 fully saturated rings. The molecule has 1 aliphatic rings. The quantitative estimate of drug-likeness (QED) is 0.754. The van der Waals surface area contributed by atoms with Crippen LogP contribution in [0.1, 0.15) is 18.4 Å². The van der Waals surface area contributed by atoms with Gasteiger partial charge in [-0.2, -0.15) is 0 Å². The fourth-order valence-electron chi connectivity index (χ4n) is 3.67. The summed E-state index contributed by atoms with van der Waals surface area (Å²) < 4.78 is 1.14. The van der Waals surface area contributed by atoms with Crippen LogP contribution >= 0.6 is 11.3 Å². The number of benzene rings is 2. The average molecular weight is 365 g/mol. The van der Waals surface area contributed by atoms with Crippen molar-refractivity contribution in [1.82, 2.24) is 4.90 Å². The molecule has 1 aliphatic heterocycles. The Morgan fingerprint density at radius 2 is 1.81 bits per heavy atom. The number of likely N-dealkylation sites (tertiary alicyclic amines) is 1. The fraction of sp³-hybridized carbons (Fsp3) is 0.238. The van der Waals surface area contributed by atoms with E-state index in [9.17, 15) is 14.7 Å². The van der Waals surface area contributed by atoms with Gasteiger partial charge in [0, 0.05) is 16.1 Å². The van der Waals surface area contributed by atoms with Gasteiger partial charge >= 0.3 is 5.97 Å². The van der Waals surface area contributed by atoms with Crippen molar-refractivity contribution in [3.63, 3.8) is 0 Å². The Morgan fingerprint density at radius 3 is 2.58 bits per heavy atom. The first-order chi connectivity index (χ1) is 12.6. The van der Waals surface area contributed by atoms with Crippen molar-refractivity contribution >= 4 is 33.3 Å². The smallest absolute Gasteiger partial charge is 0.326 e. The molecule has 5 heteroatoms. The van der Waals surface area contributed by atoms with Crippen LogP contribution in [0.2, 0.25) is 0 Å². The number of rotatable bonds is 4. The Morgan fingerprint density at radius 1 is 1.08 bits per heavy atom. The summed E-state index contributed by atoms with van der Waals surface area (Å²) in [4.78, 5) is 27.0. The second-order valence-electron chi connectivity index (χ2n) is 6.53. The molecule has 0 aliphatic carbocycles. The Bertz CT molecular complexity index is 964. The minimum Gasteiger partial charge on any atom is -0.480 e. The molecule has 4 nitrogen and oxygen atoms in total. The third-order valence-electron chi connectivity index (χ3n) is 4.92. The van der Waals surface area contributed by atoms with Crippen LogP contribution in [0, 0.1) is 0 Å². The van der Waals surface area contributed by atoms with E-state index in [0.29, 0.717) is 13.0 Å². The van der Waals surface area contributed by atoms with Crippen LogP contribution < -0.4 is 0 Å². The van der Waals surface area contributed by atoms with E-state index in [2.05, 4.69) is 18.2 Å². The number of thiophene rings is 1. The van der Waals surface area contributed by atoms with E-state index >= 15 is 0 Å². The summed E-state index contributed by atoms with van der Waals surface area (Å²) in [5, 5.41) is 10.5. The zero-order chi connectivity index (χ0) is 18.1. The molecule has 1 N–H and O–H groups in total. The third kappa shape index (κ3) is 2.99. The summed E-state index contributed by atoms with van der Waals surface area (Å²) in [6.45, 7) is 0.526. The molecule has 1 saturated heterocycles. The molecule has 1 aromatic heterocycles.